The Morgan fingerprint density at radius 2 is 1.77 bits per heavy atom. The van der Waals surface area contributed by atoms with Gasteiger partial charge in [-0.3, -0.25) is 5.32 Å². The lowest BCUT2D eigenvalue weighted by atomic mass is 9.88. The molecule has 3 N–H and O–H groups in total. The van der Waals surface area contributed by atoms with Crippen molar-refractivity contribution >= 4 is 21.9 Å². The molecule has 0 aliphatic heterocycles. The largest absolute Gasteiger partial charge is 0.328 e. The van der Waals surface area contributed by atoms with E-state index in [1.807, 2.05) is 30.3 Å². The highest BCUT2D eigenvalue weighted by Gasteiger charge is 2.37. The fraction of sp³-hybridized carbons (Fsp3) is 0.333. The van der Waals surface area contributed by atoms with E-state index in [0.717, 1.165) is 31.2 Å². The summed E-state index contributed by atoms with van der Waals surface area (Å²) in [6, 6.07) is 12.5. The van der Waals surface area contributed by atoms with Crippen molar-refractivity contribution in [2.24, 2.45) is 0 Å². The number of anilines is 1. The number of carbonyl (C=O) groups excluding carboxylic acids is 1. The molecule has 1 aliphatic carbocycles. The summed E-state index contributed by atoms with van der Waals surface area (Å²) in [4.78, 5) is 16.5. The standard InChI is InChI=1S/C18H22N4O3S/c1-19-26(24,25)15-9-10-16(20-13-15)21-17(23)22-18(11-5-6-12-18)14-7-3-2-4-8-14/h2-4,7-10,13,19H,5-6,11-12H2,1H3,(H2,20,21,22,23). The molecular weight excluding hydrogens is 352 g/mol. The Morgan fingerprint density at radius 1 is 1.08 bits per heavy atom. The zero-order valence-electron chi connectivity index (χ0n) is 14.5. The second kappa shape index (κ2) is 7.43. The molecule has 0 unspecified atom stereocenters. The Hall–Kier alpha value is -2.45. The maximum atomic E-state index is 12.5. The number of benzene rings is 1. The second-order valence-electron chi connectivity index (χ2n) is 6.32. The van der Waals surface area contributed by atoms with Gasteiger partial charge in [-0.25, -0.2) is 22.9 Å². The minimum Gasteiger partial charge on any atom is -0.328 e. The van der Waals surface area contributed by atoms with Gasteiger partial charge in [0.05, 0.1) is 5.54 Å². The number of hydrogen-bond donors (Lipinski definition) is 3. The number of aromatic nitrogens is 1. The first-order chi connectivity index (χ1) is 12.5. The van der Waals surface area contributed by atoms with Crippen LogP contribution in [0.3, 0.4) is 0 Å². The number of carbonyl (C=O) groups is 1. The quantitative estimate of drug-likeness (QED) is 0.749. The highest BCUT2D eigenvalue weighted by atomic mass is 32.2. The molecule has 1 aromatic heterocycles. The predicted molar refractivity (Wildman–Crippen MR) is 99.2 cm³/mol. The molecule has 138 valence electrons. The fourth-order valence-electron chi connectivity index (χ4n) is 3.32. The number of amides is 2. The van der Waals surface area contributed by atoms with Gasteiger partial charge in [-0.05, 0) is 37.6 Å². The van der Waals surface area contributed by atoms with E-state index in [4.69, 9.17) is 0 Å². The van der Waals surface area contributed by atoms with Crippen molar-refractivity contribution in [1.29, 1.82) is 0 Å². The summed E-state index contributed by atoms with van der Waals surface area (Å²) in [5.41, 5.74) is 0.719. The van der Waals surface area contributed by atoms with E-state index in [-0.39, 0.29) is 16.5 Å². The van der Waals surface area contributed by atoms with Crippen LogP contribution in [-0.2, 0) is 15.6 Å². The van der Waals surface area contributed by atoms with Gasteiger partial charge in [-0.1, -0.05) is 43.2 Å². The Balaban J connectivity index is 1.72. The molecular formula is C18H22N4O3S. The summed E-state index contributed by atoms with van der Waals surface area (Å²) in [6.45, 7) is 0. The summed E-state index contributed by atoms with van der Waals surface area (Å²) < 4.78 is 25.6. The Kier molecular flexibility index (Phi) is 5.24. The molecule has 0 bridgehead atoms. The zero-order valence-corrected chi connectivity index (χ0v) is 15.3. The van der Waals surface area contributed by atoms with Crippen molar-refractivity contribution in [2.45, 2.75) is 36.1 Å². The minimum absolute atomic E-state index is 0.0440. The van der Waals surface area contributed by atoms with Gasteiger partial charge in [0.15, 0.2) is 0 Å². The zero-order chi connectivity index (χ0) is 18.6. The summed E-state index contributed by atoms with van der Waals surface area (Å²) in [6.07, 6.45) is 5.10. The van der Waals surface area contributed by atoms with Crippen molar-refractivity contribution in [3.63, 3.8) is 0 Å². The van der Waals surface area contributed by atoms with Crippen molar-refractivity contribution < 1.29 is 13.2 Å². The van der Waals surface area contributed by atoms with E-state index in [1.165, 1.54) is 25.4 Å². The average Bonchev–Trinajstić information content (AvgIpc) is 3.12. The van der Waals surface area contributed by atoms with Gasteiger partial charge in [0.1, 0.15) is 10.7 Å². The molecule has 0 spiro atoms. The van der Waals surface area contributed by atoms with Crippen molar-refractivity contribution in [2.75, 3.05) is 12.4 Å². The molecule has 26 heavy (non-hydrogen) atoms. The molecule has 0 atom stereocenters. The lowest BCUT2D eigenvalue weighted by molar-refractivity contribution is 0.236. The van der Waals surface area contributed by atoms with Gasteiger partial charge in [-0.2, -0.15) is 0 Å². The summed E-state index contributed by atoms with van der Waals surface area (Å²) >= 11 is 0. The Labute approximate surface area is 153 Å². The lowest BCUT2D eigenvalue weighted by Gasteiger charge is -2.31. The van der Waals surface area contributed by atoms with Crippen molar-refractivity contribution in [3.8, 4) is 0 Å². The molecule has 2 aromatic rings. The van der Waals surface area contributed by atoms with Crippen LogP contribution in [0.15, 0.2) is 53.6 Å². The van der Waals surface area contributed by atoms with Gasteiger partial charge in [0, 0.05) is 6.20 Å². The normalized spacial score (nSPS) is 16.2. The molecule has 1 aromatic carbocycles. The smallest absolute Gasteiger partial charge is 0.321 e. The van der Waals surface area contributed by atoms with Gasteiger partial charge in [0.2, 0.25) is 10.0 Å². The second-order valence-corrected chi connectivity index (χ2v) is 8.21. The first-order valence-corrected chi connectivity index (χ1v) is 9.98. The van der Waals surface area contributed by atoms with Crippen LogP contribution in [0.25, 0.3) is 0 Å². The molecule has 1 saturated carbocycles. The molecule has 8 heteroatoms. The van der Waals surface area contributed by atoms with Crippen LogP contribution < -0.4 is 15.4 Å². The lowest BCUT2D eigenvalue weighted by Crippen LogP contribution is -2.45. The van der Waals surface area contributed by atoms with E-state index in [0.29, 0.717) is 5.82 Å². The van der Waals surface area contributed by atoms with E-state index >= 15 is 0 Å². The maximum absolute atomic E-state index is 12.5. The Morgan fingerprint density at radius 3 is 2.35 bits per heavy atom. The molecule has 1 aliphatic rings. The first kappa shape index (κ1) is 18.3. The molecule has 3 rings (SSSR count). The van der Waals surface area contributed by atoms with Crippen LogP contribution in [0.2, 0.25) is 0 Å². The van der Waals surface area contributed by atoms with Gasteiger partial charge >= 0.3 is 6.03 Å². The van der Waals surface area contributed by atoms with E-state index in [1.54, 1.807) is 0 Å². The highest BCUT2D eigenvalue weighted by Crippen LogP contribution is 2.38. The number of nitrogens with one attached hydrogen (secondary N) is 3. The first-order valence-electron chi connectivity index (χ1n) is 8.49. The summed E-state index contributed by atoms with van der Waals surface area (Å²) in [5.74, 6) is 0.291. The number of sulfonamides is 1. The van der Waals surface area contributed by atoms with Crippen LogP contribution in [0.4, 0.5) is 10.6 Å². The molecule has 0 radical (unpaired) electrons. The van der Waals surface area contributed by atoms with Crippen LogP contribution in [0.5, 0.6) is 0 Å². The number of urea groups is 1. The van der Waals surface area contributed by atoms with Crippen LogP contribution in [0.1, 0.15) is 31.2 Å². The third kappa shape index (κ3) is 3.86. The summed E-state index contributed by atoms with van der Waals surface area (Å²) in [7, 11) is -2.22. The van der Waals surface area contributed by atoms with Crippen LogP contribution in [-0.4, -0.2) is 26.5 Å². The van der Waals surface area contributed by atoms with Crippen LogP contribution >= 0.6 is 0 Å². The van der Waals surface area contributed by atoms with Gasteiger partial charge < -0.3 is 5.32 Å². The van der Waals surface area contributed by atoms with E-state index in [9.17, 15) is 13.2 Å². The summed E-state index contributed by atoms with van der Waals surface area (Å²) in [5, 5.41) is 5.78. The molecule has 1 fully saturated rings. The number of hydrogen-bond acceptors (Lipinski definition) is 4. The van der Waals surface area contributed by atoms with Crippen molar-refractivity contribution in [1.82, 2.24) is 15.0 Å². The van der Waals surface area contributed by atoms with Gasteiger partial charge in [-0.15, -0.1) is 0 Å². The molecule has 2 amide bonds. The number of rotatable bonds is 5. The maximum Gasteiger partial charge on any atom is 0.321 e. The third-order valence-electron chi connectivity index (χ3n) is 4.69. The van der Waals surface area contributed by atoms with Crippen molar-refractivity contribution in [3.05, 3.63) is 54.2 Å². The minimum atomic E-state index is -3.55. The average molecular weight is 374 g/mol. The van der Waals surface area contributed by atoms with Gasteiger partial charge in [0.25, 0.3) is 0 Å². The molecule has 1 heterocycles. The number of nitrogens with zero attached hydrogens (tertiary/aromatic N) is 1. The fourth-order valence-corrected chi connectivity index (χ4v) is 3.99. The topological polar surface area (TPSA) is 100 Å². The number of pyridine rings is 1. The predicted octanol–water partition coefficient (Wildman–Crippen LogP) is 2.58. The van der Waals surface area contributed by atoms with E-state index < -0.39 is 10.0 Å². The van der Waals surface area contributed by atoms with E-state index in [2.05, 4.69) is 20.3 Å². The Bertz CT molecular complexity index is 861. The highest BCUT2D eigenvalue weighted by molar-refractivity contribution is 7.89. The SMILES string of the molecule is CNS(=O)(=O)c1ccc(NC(=O)NC2(c3ccccc3)CCCC2)nc1. The molecule has 0 saturated heterocycles. The van der Waals surface area contributed by atoms with Crippen LogP contribution in [0, 0.1) is 0 Å². The third-order valence-corrected chi connectivity index (χ3v) is 6.09. The monoisotopic (exact) mass is 374 g/mol. The molecule has 7 nitrogen and oxygen atoms in total.